The number of hydrogen-bond donors (Lipinski definition) is 0. The minimum Gasteiger partial charge on any atom is -0.356 e. The normalized spacial score (nSPS) is 15.9. The van der Waals surface area contributed by atoms with Crippen molar-refractivity contribution >= 4 is 29.1 Å². The lowest BCUT2D eigenvalue weighted by atomic mass is 9.88. The summed E-state index contributed by atoms with van der Waals surface area (Å²) in [6.07, 6.45) is 0.460. The largest absolute Gasteiger partial charge is 0.416 e. The van der Waals surface area contributed by atoms with Crippen LogP contribution in [0.2, 0.25) is 13.6 Å². The number of nitrogens with zero attached hydrogens (tertiary/aromatic N) is 3. The van der Waals surface area contributed by atoms with Gasteiger partial charge < -0.3 is 9.30 Å². The summed E-state index contributed by atoms with van der Waals surface area (Å²) in [5.74, 6) is 0.142. The van der Waals surface area contributed by atoms with Gasteiger partial charge in [0.15, 0.2) is 6.23 Å². The Bertz CT molecular complexity index is 1270. The fourth-order valence-electron chi connectivity index (χ4n) is 4.45. The zero-order valence-corrected chi connectivity index (χ0v) is 22.1. The van der Waals surface area contributed by atoms with Gasteiger partial charge in [-0.1, -0.05) is 47.4 Å². The molecule has 1 aliphatic rings. The molecule has 1 saturated heterocycles. The Kier molecular flexibility index (Phi) is 9.28. The van der Waals surface area contributed by atoms with E-state index < -0.39 is 11.7 Å². The zero-order chi connectivity index (χ0) is 26.5. The molecule has 0 bridgehead atoms. The van der Waals surface area contributed by atoms with E-state index in [1.807, 2.05) is 56.3 Å². The molecule has 4 nitrogen and oxygen atoms in total. The molecule has 1 aliphatic heterocycles. The third-order valence-electron chi connectivity index (χ3n) is 6.00. The third kappa shape index (κ3) is 5.80. The van der Waals surface area contributed by atoms with Crippen LogP contribution >= 0.6 is 0 Å². The number of ether oxygens (including phenoxy) is 1. The highest BCUT2D eigenvalue weighted by Gasteiger charge is 2.31. The van der Waals surface area contributed by atoms with Crippen LogP contribution in [0.25, 0.3) is 27.5 Å². The van der Waals surface area contributed by atoms with Gasteiger partial charge in [0.25, 0.3) is 0 Å². The highest BCUT2D eigenvalue weighted by molar-refractivity contribution is 6.31. The van der Waals surface area contributed by atoms with E-state index in [1.165, 1.54) is 12.1 Å². The average Bonchev–Trinajstić information content (AvgIpc) is 3.45. The van der Waals surface area contributed by atoms with Gasteiger partial charge in [-0.2, -0.15) is 18.3 Å². The summed E-state index contributed by atoms with van der Waals surface area (Å²) < 4.78 is 49.8. The second-order valence-corrected chi connectivity index (χ2v) is 9.06. The second-order valence-electron chi connectivity index (χ2n) is 9.06. The Labute approximate surface area is 212 Å². The lowest BCUT2D eigenvalue weighted by molar-refractivity contribution is -0.137. The van der Waals surface area contributed by atoms with Crippen molar-refractivity contribution in [2.45, 2.75) is 78.9 Å². The van der Waals surface area contributed by atoms with Crippen molar-refractivity contribution < 1.29 is 17.9 Å². The van der Waals surface area contributed by atoms with Gasteiger partial charge in [0.1, 0.15) is 7.28 Å². The molecule has 1 fully saturated rings. The molecule has 0 saturated carbocycles. The van der Waals surface area contributed by atoms with E-state index in [9.17, 15) is 13.2 Å². The van der Waals surface area contributed by atoms with E-state index in [1.54, 1.807) is 6.07 Å². The van der Waals surface area contributed by atoms with Crippen LogP contribution in [0, 0.1) is 0 Å². The maximum absolute atomic E-state index is 13.3. The van der Waals surface area contributed by atoms with Crippen molar-refractivity contribution in [1.82, 2.24) is 14.3 Å². The first kappa shape index (κ1) is 27.8. The maximum Gasteiger partial charge on any atom is 0.416 e. The molecular weight excluding hydrogens is 462 g/mol. The molecule has 1 atom stereocenters. The number of benzene rings is 2. The Morgan fingerprint density at radius 3 is 2.31 bits per heavy atom. The van der Waals surface area contributed by atoms with Crippen LogP contribution in [-0.2, 0) is 10.9 Å². The molecule has 0 N–H and O–H groups in total. The van der Waals surface area contributed by atoms with Crippen molar-refractivity contribution in [3.63, 3.8) is 0 Å². The Balaban J connectivity index is 0.000000674. The molecule has 36 heavy (non-hydrogen) atoms. The van der Waals surface area contributed by atoms with E-state index in [0.29, 0.717) is 5.69 Å². The van der Waals surface area contributed by atoms with E-state index in [4.69, 9.17) is 4.74 Å². The molecule has 3 heterocycles. The number of halogens is 3. The summed E-state index contributed by atoms with van der Waals surface area (Å²) >= 11 is 0. The summed E-state index contributed by atoms with van der Waals surface area (Å²) in [7, 11) is 2.00. The Morgan fingerprint density at radius 1 is 1.00 bits per heavy atom. The predicted molar refractivity (Wildman–Crippen MR) is 143 cm³/mol. The number of alkyl halides is 3. The molecule has 5 rings (SSSR count). The topological polar surface area (TPSA) is 32.0 Å². The number of aromatic nitrogens is 3. The molecule has 2 aromatic carbocycles. The van der Waals surface area contributed by atoms with Gasteiger partial charge >= 0.3 is 6.18 Å². The molecule has 0 aliphatic carbocycles. The van der Waals surface area contributed by atoms with Gasteiger partial charge in [-0.3, -0.25) is 0 Å². The highest BCUT2D eigenvalue weighted by Crippen LogP contribution is 2.36. The van der Waals surface area contributed by atoms with Crippen molar-refractivity contribution in [3.8, 4) is 5.69 Å². The minimum atomic E-state index is -4.38. The quantitative estimate of drug-likeness (QED) is 0.265. The first-order valence-corrected chi connectivity index (χ1v) is 12.8. The molecule has 2 aromatic heterocycles. The smallest absolute Gasteiger partial charge is 0.356 e. The monoisotopic (exact) mass is 498 g/mol. The van der Waals surface area contributed by atoms with Crippen LogP contribution in [0.15, 0.2) is 48.7 Å². The molecule has 8 heteroatoms. The highest BCUT2D eigenvalue weighted by atomic mass is 19.4. The molecule has 1 unspecified atom stereocenters. The van der Waals surface area contributed by atoms with Gasteiger partial charge in [0.05, 0.1) is 22.8 Å². The van der Waals surface area contributed by atoms with Gasteiger partial charge in [0, 0.05) is 28.8 Å². The summed E-state index contributed by atoms with van der Waals surface area (Å²) in [6.45, 7) is 12.8. The molecular formula is C28H36BF3N3O. The molecule has 0 amide bonds. The van der Waals surface area contributed by atoms with Gasteiger partial charge in [-0.05, 0) is 61.6 Å². The molecule has 1 radical (unpaired) electrons. The lowest BCUT2D eigenvalue weighted by Gasteiger charge is -2.23. The van der Waals surface area contributed by atoms with Gasteiger partial charge in [-0.15, -0.1) is 0 Å². The molecule has 193 valence electrons. The van der Waals surface area contributed by atoms with E-state index >= 15 is 0 Å². The first-order chi connectivity index (χ1) is 17.2. The second kappa shape index (κ2) is 12.0. The average molecular weight is 498 g/mol. The minimum absolute atomic E-state index is 0.0705. The molecule has 4 aromatic rings. The van der Waals surface area contributed by atoms with Crippen LogP contribution < -0.4 is 0 Å². The van der Waals surface area contributed by atoms with Crippen LogP contribution in [0.1, 0.15) is 70.4 Å². The van der Waals surface area contributed by atoms with Crippen LogP contribution in [0.5, 0.6) is 0 Å². The van der Waals surface area contributed by atoms with Crippen LogP contribution in [0.4, 0.5) is 13.2 Å². The van der Waals surface area contributed by atoms with E-state index in [0.717, 1.165) is 59.4 Å². The third-order valence-corrected chi connectivity index (χ3v) is 6.00. The van der Waals surface area contributed by atoms with Crippen LogP contribution in [0.3, 0.4) is 0 Å². The Morgan fingerprint density at radius 2 is 1.69 bits per heavy atom. The van der Waals surface area contributed by atoms with E-state index in [2.05, 4.69) is 31.1 Å². The van der Waals surface area contributed by atoms with E-state index in [-0.39, 0.29) is 12.1 Å². The summed E-state index contributed by atoms with van der Waals surface area (Å²) in [6, 6.07) is 11.7. The SMILES string of the molecule is CC.CC(C)c1cc2cc3c(cnn3C3CCCCO3)cc2n1-c1cccc(C(F)(F)F)c1.C[B]C. The van der Waals surface area contributed by atoms with Crippen molar-refractivity contribution in [1.29, 1.82) is 0 Å². The van der Waals surface area contributed by atoms with Crippen molar-refractivity contribution in [2.24, 2.45) is 0 Å². The fraction of sp³-hybridized carbons (Fsp3) is 0.464. The lowest BCUT2D eigenvalue weighted by Crippen LogP contribution is -2.18. The predicted octanol–water partition coefficient (Wildman–Crippen LogP) is 8.63. The number of rotatable bonds is 3. The number of hydrogen-bond acceptors (Lipinski definition) is 2. The van der Waals surface area contributed by atoms with Crippen molar-refractivity contribution in [3.05, 3.63) is 59.9 Å². The van der Waals surface area contributed by atoms with Gasteiger partial charge in [-0.25, -0.2) is 4.68 Å². The Hall–Kier alpha value is -2.74. The van der Waals surface area contributed by atoms with Crippen molar-refractivity contribution in [2.75, 3.05) is 6.61 Å². The number of fused-ring (bicyclic) bond motifs is 2. The summed E-state index contributed by atoms with van der Waals surface area (Å²) in [5, 5.41) is 6.49. The summed E-state index contributed by atoms with van der Waals surface area (Å²) in [5.41, 5.74) is 2.69. The summed E-state index contributed by atoms with van der Waals surface area (Å²) in [4.78, 5) is 0. The molecule has 0 spiro atoms. The van der Waals surface area contributed by atoms with Crippen LogP contribution in [-0.4, -0.2) is 28.2 Å². The fourth-order valence-corrected chi connectivity index (χ4v) is 4.45. The van der Waals surface area contributed by atoms with Gasteiger partial charge in [0.2, 0.25) is 0 Å². The standard InChI is InChI=1S/C24H24F3N3O.C2H6B.C2H6/c1-15(2)20-10-16-11-22-17(14-28-30(22)23-8-3-4-9-31-23)12-21(16)29(20)19-7-5-6-18(13-19)24(25,26)27;1-3-2;1-2/h5-7,10-15,23H,3-4,8-9H2,1-2H3;1-2H3;1-2H3. The zero-order valence-electron chi connectivity index (χ0n) is 22.1. The first-order valence-electron chi connectivity index (χ1n) is 12.8. The maximum atomic E-state index is 13.3.